The molecule has 3 heterocycles. The number of rotatable bonds is 6. The summed E-state index contributed by atoms with van der Waals surface area (Å²) in [6.07, 6.45) is 1.57. The van der Waals surface area contributed by atoms with Crippen molar-refractivity contribution in [1.82, 2.24) is 25.0 Å². The molecule has 0 spiro atoms. The number of esters is 1. The van der Waals surface area contributed by atoms with Crippen LogP contribution >= 0.6 is 11.3 Å². The van der Waals surface area contributed by atoms with Crippen molar-refractivity contribution in [1.29, 1.82) is 0 Å². The number of benzene rings is 1. The van der Waals surface area contributed by atoms with E-state index in [1.807, 2.05) is 0 Å². The molecule has 9 nitrogen and oxygen atoms in total. The zero-order valence-electron chi connectivity index (χ0n) is 15.7. The molecule has 4 rings (SSSR count). The van der Waals surface area contributed by atoms with Crippen LogP contribution in [-0.2, 0) is 11.3 Å². The first-order valence-electron chi connectivity index (χ1n) is 8.93. The van der Waals surface area contributed by atoms with Crippen LogP contribution in [0.25, 0.3) is 11.0 Å². The summed E-state index contributed by atoms with van der Waals surface area (Å²) in [6.45, 7) is 2.00. The maximum absolute atomic E-state index is 14.1. The van der Waals surface area contributed by atoms with Crippen LogP contribution < -0.4 is 5.32 Å². The van der Waals surface area contributed by atoms with Crippen molar-refractivity contribution in [2.45, 2.75) is 13.5 Å². The van der Waals surface area contributed by atoms with E-state index in [0.717, 1.165) is 11.3 Å². The van der Waals surface area contributed by atoms with Crippen molar-refractivity contribution in [2.24, 2.45) is 0 Å². The summed E-state index contributed by atoms with van der Waals surface area (Å²) in [4.78, 5) is 28.8. The summed E-state index contributed by atoms with van der Waals surface area (Å²) in [5.74, 6) is -1.53. The van der Waals surface area contributed by atoms with Gasteiger partial charge in [0.2, 0.25) is 10.1 Å². The quantitative estimate of drug-likeness (QED) is 0.472. The van der Waals surface area contributed by atoms with E-state index in [0.29, 0.717) is 16.6 Å². The standard InChI is InChI=1S/C19H15FN6O3S/c1-2-29-18(28)17-23-24-19(30-17)22-16(27)14-12-7-5-9-21-15(12)26(25-14)10-11-6-3-4-8-13(11)20/h3-9H,2,10H2,1H3,(H,22,24,27). The number of nitrogens with zero attached hydrogens (tertiary/aromatic N) is 5. The SMILES string of the molecule is CCOC(=O)c1nnc(NC(=O)c2nn(Cc3ccccc3F)c3ncccc23)s1. The first-order valence-corrected chi connectivity index (χ1v) is 9.75. The largest absolute Gasteiger partial charge is 0.461 e. The lowest BCUT2D eigenvalue weighted by Crippen LogP contribution is -2.14. The molecule has 1 amide bonds. The Kier molecular flexibility index (Phi) is 5.44. The van der Waals surface area contributed by atoms with Gasteiger partial charge in [0, 0.05) is 11.8 Å². The Labute approximate surface area is 173 Å². The second-order valence-electron chi connectivity index (χ2n) is 6.06. The van der Waals surface area contributed by atoms with Crippen molar-refractivity contribution in [3.05, 3.63) is 64.7 Å². The Morgan fingerprint density at radius 1 is 1.20 bits per heavy atom. The Morgan fingerprint density at radius 2 is 2.03 bits per heavy atom. The molecule has 1 N–H and O–H groups in total. The van der Waals surface area contributed by atoms with Gasteiger partial charge in [-0.05, 0) is 25.1 Å². The van der Waals surface area contributed by atoms with Gasteiger partial charge in [0.05, 0.1) is 18.5 Å². The van der Waals surface area contributed by atoms with E-state index in [1.54, 1.807) is 43.5 Å². The highest BCUT2D eigenvalue weighted by Crippen LogP contribution is 2.21. The van der Waals surface area contributed by atoms with Crippen LogP contribution in [0.5, 0.6) is 0 Å². The third kappa shape index (κ3) is 3.87. The molecule has 3 aromatic heterocycles. The number of amides is 1. The van der Waals surface area contributed by atoms with Gasteiger partial charge in [-0.25, -0.2) is 18.9 Å². The van der Waals surface area contributed by atoms with Crippen LogP contribution in [-0.4, -0.2) is 43.4 Å². The summed E-state index contributed by atoms with van der Waals surface area (Å²) in [6, 6.07) is 9.71. The molecule has 0 aliphatic rings. The van der Waals surface area contributed by atoms with E-state index in [2.05, 4.69) is 25.6 Å². The second kappa shape index (κ2) is 8.33. The number of carbonyl (C=O) groups excluding carboxylic acids is 2. The molecule has 1 aromatic carbocycles. The van der Waals surface area contributed by atoms with E-state index < -0.39 is 11.9 Å². The van der Waals surface area contributed by atoms with Gasteiger partial charge in [-0.15, -0.1) is 10.2 Å². The maximum Gasteiger partial charge on any atom is 0.369 e. The van der Waals surface area contributed by atoms with Crippen molar-refractivity contribution >= 4 is 39.4 Å². The average Bonchev–Trinajstić information content (AvgIpc) is 3.35. The molecule has 0 saturated heterocycles. The molecule has 0 unspecified atom stereocenters. The highest BCUT2D eigenvalue weighted by molar-refractivity contribution is 7.17. The maximum atomic E-state index is 14.1. The summed E-state index contributed by atoms with van der Waals surface area (Å²) in [5, 5.41) is 15.1. The van der Waals surface area contributed by atoms with Gasteiger partial charge in [0.1, 0.15) is 5.82 Å². The van der Waals surface area contributed by atoms with Gasteiger partial charge >= 0.3 is 5.97 Å². The predicted octanol–water partition coefficient (Wildman–Crippen LogP) is 2.90. The number of ether oxygens (including phenoxy) is 1. The molecular weight excluding hydrogens is 411 g/mol. The predicted molar refractivity (Wildman–Crippen MR) is 107 cm³/mol. The topological polar surface area (TPSA) is 112 Å². The molecule has 152 valence electrons. The highest BCUT2D eigenvalue weighted by atomic mass is 32.1. The number of hydrogen-bond acceptors (Lipinski definition) is 8. The van der Waals surface area contributed by atoms with Gasteiger partial charge in [0.25, 0.3) is 5.91 Å². The van der Waals surface area contributed by atoms with E-state index >= 15 is 0 Å². The Bertz CT molecular complexity index is 1240. The van der Waals surface area contributed by atoms with Crippen molar-refractivity contribution in [2.75, 3.05) is 11.9 Å². The summed E-state index contributed by atoms with van der Waals surface area (Å²) < 4.78 is 20.4. The van der Waals surface area contributed by atoms with Crippen molar-refractivity contribution in [3.63, 3.8) is 0 Å². The number of hydrogen-bond donors (Lipinski definition) is 1. The van der Waals surface area contributed by atoms with Gasteiger partial charge in [-0.3, -0.25) is 10.1 Å². The zero-order chi connectivity index (χ0) is 21.1. The number of fused-ring (bicyclic) bond motifs is 1. The number of carbonyl (C=O) groups is 2. The van der Waals surface area contributed by atoms with E-state index in [4.69, 9.17) is 4.74 Å². The van der Waals surface area contributed by atoms with E-state index in [9.17, 15) is 14.0 Å². The minimum atomic E-state index is -0.612. The Balaban J connectivity index is 1.62. The second-order valence-corrected chi connectivity index (χ2v) is 7.04. The average molecular weight is 426 g/mol. The smallest absolute Gasteiger partial charge is 0.369 e. The van der Waals surface area contributed by atoms with Crippen LogP contribution in [0, 0.1) is 5.82 Å². The molecule has 30 heavy (non-hydrogen) atoms. The minimum Gasteiger partial charge on any atom is -0.461 e. The molecule has 0 fully saturated rings. The van der Waals surface area contributed by atoms with Gasteiger partial charge in [-0.2, -0.15) is 5.10 Å². The fourth-order valence-electron chi connectivity index (χ4n) is 2.78. The third-order valence-corrected chi connectivity index (χ3v) is 4.91. The molecule has 0 atom stereocenters. The molecule has 0 aliphatic carbocycles. The first-order chi connectivity index (χ1) is 14.6. The number of anilines is 1. The van der Waals surface area contributed by atoms with E-state index in [1.165, 1.54) is 10.7 Å². The third-order valence-electron chi connectivity index (χ3n) is 4.10. The fourth-order valence-corrected chi connectivity index (χ4v) is 3.41. The first kappa shape index (κ1) is 19.6. The fraction of sp³-hybridized carbons (Fsp3) is 0.158. The van der Waals surface area contributed by atoms with Gasteiger partial charge < -0.3 is 4.74 Å². The zero-order valence-corrected chi connectivity index (χ0v) is 16.5. The number of nitrogens with one attached hydrogen (secondary N) is 1. The molecular formula is C19H15FN6O3S. The minimum absolute atomic E-state index is 0.0313. The Hall–Kier alpha value is -3.73. The molecule has 11 heteroatoms. The monoisotopic (exact) mass is 426 g/mol. The normalized spacial score (nSPS) is 10.9. The lowest BCUT2D eigenvalue weighted by molar-refractivity contribution is 0.0525. The van der Waals surface area contributed by atoms with Crippen LogP contribution in [0.4, 0.5) is 9.52 Å². The summed E-state index contributed by atoms with van der Waals surface area (Å²) in [7, 11) is 0. The Morgan fingerprint density at radius 3 is 2.83 bits per heavy atom. The lowest BCUT2D eigenvalue weighted by Gasteiger charge is -2.04. The van der Waals surface area contributed by atoms with Crippen LogP contribution in [0.2, 0.25) is 0 Å². The molecule has 0 radical (unpaired) electrons. The summed E-state index contributed by atoms with van der Waals surface area (Å²) >= 11 is 0.892. The number of aromatic nitrogens is 5. The molecule has 0 aliphatic heterocycles. The number of pyridine rings is 1. The number of halogens is 1. The molecule has 0 bridgehead atoms. The molecule has 4 aromatic rings. The van der Waals surface area contributed by atoms with Crippen LogP contribution in [0.3, 0.4) is 0 Å². The van der Waals surface area contributed by atoms with Crippen LogP contribution in [0.1, 0.15) is 32.8 Å². The van der Waals surface area contributed by atoms with Crippen LogP contribution in [0.15, 0.2) is 42.6 Å². The van der Waals surface area contributed by atoms with Crippen molar-refractivity contribution < 1.29 is 18.7 Å². The molecule has 0 saturated carbocycles. The summed E-state index contributed by atoms with van der Waals surface area (Å²) in [5.41, 5.74) is 0.959. The van der Waals surface area contributed by atoms with Gasteiger partial charge in [-0.1, -0.05) is 29.5 Å². The van der Waals surface area contributed by atoms with Gasteiger partial charge in [0.15, 0.2) is 11.3 Å². The lowest BCUT2D eigenvalue weighted by atomic mass is 10.2. The van der Waals surface area contributed by atoms with E-state index in [-0.39, 0.29) is 34.8 Å². The highest BCUT2D eigenvalue weighted by Gasteiger charge is 2.21. The van der Waals surface area contributed by atoms with Crippen molar-refractivity contribution in [3.8, 4) is 0 Å².